The highest BCUT2D eigenvalue weighted by molar-refractivity contribution is 7.99. The van der Waals surface area contributed by atoms with E-state index >= 15 is 0 Å². The second-order valence-electron chi connectivity index (χ2n) is 4.48. The van der Waals surface area contributed by atoms with Crippen molar-refractivity contribution in [3.8, 4) is 0 Å². The van der Waals surface area contributed by atoms with E-state index in [1.54, 1.807) is 0 Å². The standard InChI is InChI=1S/C13H15ClN2O3S/c14-11-5-8(1-2-10(11)13(18)19)16-12(17)6-9-7-20-4-3-15-9/h1-2,5,9,15H,3-4,6-7H2,(H,16,17)(H,18,19). The number of carboxylic acids is 1. The van der Waals surface area contributed by atoms with Gasteiger partial charge in [-0.15, -0.1) is 0 Å². The van der Waals surface area contributed by atoms with Gasteiger partial charge in [0, 0.05) is 36.2 Å². The molecular weight excluding hydrogens is 300 g/mol. The zero-order valence-electron chi connectivity index (χ0n) is 10.7. The van der Waals surface area contributed by atoms with Gasteiger partial charge in [-0.1, -0.05) is 11.6 Å². The number of aromatic carboxylic acids is 1. The summed E-state index contributed by atoms with van der Waals surface area (Å²) in [4.78, 5) is 22.7. The minimum atomic E-state index is -1.09. The van der Waals surface area contributed by atoms with Crippen molar-refractivity contribution in [1.82, 2.24) is 5.32 Å². The van der Waals surface area contributed by atoms with Gasteiger partial charge in [0.1, 0.15) is 0 Å². The third-order valence-electron chi connectivity index (χ3n) is 2.91. The SMILES string of the molecule is O=C(CC1CSCCN1)Nc1ccc(C(=O)O)c(Cl)c1. The molecule has 1 amide bonds. The average molecular weight is 315 g/mol. The topological polar surface area (TPSA) is 78.4 Å². The number of carboxylic acid groups (broad SMARTS) is 1. The Labute approximate surface area is 126 Å². The van der Waals surface area contributed by atoms with Crippen LogP contribution in [0.25, 0.3) is 0 Å². The summed E-state index contributed by atoms with van der Waals surface area (Å²) in [6.07, 6.45) is 0.394. The summed E-state index contributed by atoms with van der Waals surface area (Å²) in [6.45, 7) is 0.918. The van der Waals surface area contributed by atoms with Crippen LogP contribution < -0.4 is 10.6 Å². The van der Waals surface area contributed by atoms with E-state index in [0.717, 1.165) is 18.1 Å². The maximum absolute atomic E-state index is 11.9. The molecule has 1 saturated heterocycles. The largest absolute Gasteiger partial charge is 0.478 e. The maximum atomic E-state index is 11.9. The number of carbonyl (C=O) groups is 2. The number of halogens is 1. The summed E-state index contributed by atoms with van der Waals surface area (Å²) in [6, 6.07) is 4.56. The molecule has 1 fully saturated rings. The van der Waals surface area contributed by atoms with E-state index in [2.05, 4.69) is 10.6 Å². The van der Waals surface area contributed by atoms with Gasteiger partial charge in [0.05, 0.1) is 10.6 Å². The van der Waals surface area contributed by atoms with E-state index in [4.69, 9.17) is 16.7 Å². The number of rotatable bonds is 4. The normalized spacial score (nSPS) is 18.6. The quantitative estimate of drug-likeness (QED) is 0.793. The van der Waals surface area contributed by atoms with Crippen molar-refractivity contribution < 1.29 is 14.7 Å². The molecule has 1 heterocycles. The molecule has 0 bridgehead atoms. The van der Waals surface area contributed by atoms with Gasteiger partial charge >= 0.3 is 5.97 Å². The lowest BCUT2D eigenvalue weighted by Gasteiger charge is -2.22. The number of anilines is 1. The van der Waals surface area contributed by atoms with E-state index in [9.17, 15) is 9.59 Å². The van der Waals surface area contributed by atoms with Crippen molar-refractivity contribution in [2.45, 2.75) is 12.5 Å². The molecule has 1 aromatic rings. The van der Waals surface area contributed by atoms with Crippen LogP contribution in [0.15, 0.2) is 18.2 Å². The Hall–Kier alpha value is -1.24. The predicted molar refractivity (Wildman–Crippen MR) is 80.8 cm³/mol. The summed E-state index contributed by atoms with van der Waals surface area (Å²) in [5.74, 6) is 0.803. The highest BCUT2D eigenvalue weighted by atomic mass is 35.5. The molecule has 1 aliphatic heterocycles. The molecule has 2 rings (SSSR count). The first kappa shape index (κ1) is 15.2. The lowest BCUT2D eigenvalue weighted by atomic mass is 10.2. The number of hydrogen-bond acceptors (Lipinski definition) is 4. The van der Waals surface area contributed by atoms with Crippen molar-refractivity contribution in [2.75, 3.05) is 23.4 Å². The minimum Gasteiger partial charge on any atom is -0.478 e. The van der Waals surface area contributed by atoms with Crippen LogP contribution in [0.4, 0.5) is 5.69 Å². The third kappa shape index (κ3) is 4.13. The van der Waals surface area contributed by atoms with Gasteiger partial charge in [0.25, 0.3) is 0 Å². The monoisotopic (exact) mass is 314 g/mol. The molecule has 1 unspecified atom stereocenters. The van der Waals surface area contributed by atoms with Crippen molar-refractivity contribution in [2.24, 2.45) is 0 Å². The van der Waals surface area contributed by atoms with Gasteiger partial charge in [-0.2, -0.15) is 11.8 Å². The van der Waals surface area contributed by atoms with E-state index < -0.39 is 5.97 Å². The Balaban J connectivity index is 1.93. The second kappa shape index (κ2) is 6.97. The van der Waals surface area contributed by atoms with Crippen molar-refractivity contribution >= 4 is 40.9 Å². The van der Waals surface area contributed by atoms with Crippen molar-refractivity contribution in [3.63, 3.8) is 0 Å². The molecule has 3 N–H and O–H groups in total. The van der Waals surface area contributed by atoms with E-state index in [-0.39, 0.29) is 22.5 Å². The van der Waals surface area contributed by atoms with Gasteiger partial charge < -0.3 is 15.7 Å². The zero-order valence-corrected chi connectivity index (χ0v) is 12.3. The molecule has 5 nitrogen and oxygen atoms in total. The van der Waals surface area contributed by atoms with Crippen molar-refractivity contribution in [3.05, 3.63) is 28.8 Å². The van der Waals surface area contributed by atoms with Crippen LogP contribution >= 0.6 is 23.4 Å². The Morgan fingerprint density at radius 1 is 1.50 bits per heavy atom. The first-order chi connectivity index (χ1) is 9.56. The maximum Gasteiger partial charge on any atom is 0.337 e. The molecule has 1 aliphatic rings. The Morgan fingerprint density at radius 3 is 2.90 bits per heavy atom. The van der Waals surface area contributed by atoms with Gasteiger partial charge in [-0.3, -0.25) is 4.79 Å². The molecule has 7 heteroatoms. The summed E-state index contributed by atoms with van der Waals surface area (Å²) < 4.78 is 0. The Bertz CT molecular complexity index is 518. The zero-order chi connectivity index (χ0) is 14.5. The molecule has 0 radical (unpaired) electrons. The highest BCUT2D eigenvalue weighted by Crippen LogP contribution is 2.21. The minimum absolute atomic E-state index is 0.0232. The lowest BCUT2D eigenvalue weighted by molar-refractivity contribution is -0.116. The van der Waals surface area contributed by atoms with E-state index in [1.807, 2.05) is 11.8 Å². The molecule has 1 atom stereocenters. The first-order valence-corrected chi connectivity index (χ1v) is 7.73. The number of hydrogen-bond donors (Lipinski definition) is 3. The van der Waals surface area contributed by atoms with Crippen LogP contribution in [0, 0.1) is 0 Å². The molecule has 20 heavy (non-hydrogen) atoms. The molecule has 0 aromatic heterocycles. The van der Waals surface area contributed by atoms with Crippen LogP contribution in [0.1, 0.15) is 16.8 Å². The number of benzene rings is 1. The Kier molecular flexibility index (Phi) is 5.28. The molecule has 1 aromatic carbocycles. The number of nitrogens with one attached hydrogen (secondary N) is 2. The summed E-state index contributed by atoms with van der Waals surface area (Å²) in [5, 5.41) is 15.0. The van der Waals surface area contributed by atoms with Gasteiger partial charge in [-0.05, 0) is 18.2 Å². The Morgan fingerprint density at radius 2 is 2.30 bits per heavy atom. The van der Waals surface area contributed by atoms with Crippen LogP contribution in [0.2, 0.25) is 5.02 Å². The summed E-state index contributed by atoms with van der Waals surface area (Å²) in [5.41, 5.74) is 0.531. The van der Waals surface area contributed by atoms with Gasteiger partial charge in [-0.25, -0.2) is 4.79 Å². The van der Waals surface area contributed by atoms with E-state index in [1.165, 1.54) is 18.2 Å². The van der Waals surface area contributed by atoms with Gasteiger partial charge in [0.2, 0.25) is 5.91 Å². The number of thioether (sulfide) groups is 1. The molecule has 108 valence electrons. The van der Waals surface area contributed by atoms with Gasteiger partial charge in [0.15, 0.2) is 0 Å². The fourth-order valence-corrected chi connectivity index (χ4v) is 3.16. The number of carbonyl (C=O) groups excluding carboxylic acids is 1. The van der Waals surface area contributed by atoms with Crippen molar-refractivity contribution in [1.29, 1.82) is 0 Å². The van der Waals surface area contributed by atoms with Crippen LogP contribution in [-0.4, -0.2) is 41.1 Å². The predicted octanol–water partition coefficient (Wildman–Crippen LogP) is 2.07. The molecular formula is C13H15ClN2O3S. The number of amides is 1. The summed E-state index contributed by atoms with van der Waals surface area (Å²) >= 11 is 7.68. The second-order valence-corrected chi connectivity index (χ2v) is 6.04. The molecule has 0 aliphatic carbocycles. The molecule has 0 saturated carbocycles. The first-order valence-electron chi connectivity index (χ1n) is 6.20. The highest BCUT2D eigenvalue weighted by Gasteiger charge is 2.17. The third-order valence-corrected chi connectivity index (χ3v) is 4.36. The lowest BCUT2D eigenvalue weighted by Crippen LogP contribution is -2.39. The van der Waals surface area contributed by atoms with Crippen LogP contribution in [-0.2, 0) is 4.79 Å². The fourth-order valence-electron chi connectivity index (χ4n) is 1.95. The summed E-state index contributed by atoms with van der Waals surface area (Å²) in [7, 11) is 0. The molecule has 0 spiro atoms. The van der Waals surface area contributed by atoms with E-state index in [0.29, 0.717) is 12.1 Å². The smallest absolute Gasteiger partial charge is 0.337 e. The van der Waals surface area contributed by atoms with Crippen LogP contribution in [0.5, 0.6) is 0 Å². The fraction of sp³-hybridized carbons (Fsp3) is 0.385. The van der Waals surface area contributed by atoms with Crippen LogP contribution in [0.3, 0.4) is 0 Å². The average Bonchev–Trinajstić information content (AvgIpc) is 2.39.